The molecule has 0 saturated heterocycles. The van der Waals surface area contributed by atoms with Crippen molar-refractivity contribution in [3.05, 3.63) is 0 Å². The predicted molar refractivity (Wildman–Crippen MR) is 118 cm³/mol. The molecule has 2 amide bonds. The average Bonchev–Trinajstić information content (AvgIpc) is 2.78. The van der Waals surface area contributed by atoms with Crippen molar-refractivity contribution >= 4 is 35.7 Å². The molecule has 0 aliphatic rings. The first kappa shape index (κ1) is 30.8. The quantitative estimate of drug-likeness (QED) is 0.218. The fraction of sp³-hybridized carbons (Fsp3) is 0.727. The number of ether oxygens (including phenoxy) is 4. The summed E-state index contributed by atoms with van der Waals surface area (Å²) in [5.74, 6) is -3.67. The van der Waals surface area contributed by atoms with E-state index in [4.69, 9.17) is 18.9 Å². The molecule has 0 saturated carbocycles. The molecule has 0 unspecified atom stereocenters. The maximum absolute atomic E-state index is 12.3. The van der Waals surface area contributed by atoms with E-state index in [-0.39, 0.29) is 65.0 Å². The number of carbonyl (C=O) groups is 6. The molecule has 12 heteroatoms. The van der Waals surface area contributed by atoms with Gasteiger partial charge in [-0.3, -0.25) is 19.2 Å². The van der Waals surface area contributed by atoms with Crippen molar-refractivity contribution in [2.45, 2.75) is 78.3 Å². The molecular weight excluding hydrogens is 452 g/mol. The van der Waals surface area contributed by atoms with Crippen LogP contribution >= 0.6 is 0 Å². The molecule has 0 radical (unpaired) electrons. The van der Waals surface area contributed by atoms with E-state index in [1.807, 2.05) is 0 Å². The van der Waals surface area contributed by atoms with E-state index in [0.29, 0.717) is 0 Å². The molecule has 0 bridgehead atoms. The summed E-state index contributed by atoms with van der Waals surface area (Å²) in [6.45, 7) is 7.08. The monoisotopic (exact) mass is 488 g/mol. The van der Waals surface area contributed by atoms with Crippen LogP contribution in [-0.4, -0.2) is 74.2 Å². The Morgan fingerprint density at radius 3 is 1.15 bits per heavy atom. The van der Waals surface area contributed by atoms with Crippen LogP contribution in [0.5, 0.6) is 0 Å². The van der Waals surface area contributed by atoms with Gasteiger partial charge in [-0.05, 0) is 40.5 Å². The second-order valence-electron chi connectivity index (χ2n) is 6.93. The van der Waals surface area contributed by atoms with Gasteiger partial charge in [0.1, 0.15) is 12.1 Å². The first-order valence-corrected chi connectivity index (χ1v) is 11.4. The average molecular weight is 489 g/mol. The highest BCUT2D eigenvalue weighted by Crippen LogP contribution is 2.06. The highest BCUT2D eigenvalue weighted by atomic mass is 16.5. The van der Waals surface area contributed by atoms with Crippen LogP contribution in [0.3, 0.4) is 0 Å². The molecule has 34 heavy (non-hydrogen) atoms. The predicted octanol–water partition coefficient (Wildman–Crippen LogP) is 0.549. The summed E-state index contributed by atoms with van der Waals surface area (Å²) in [5.41, 5.74) is 0. The van der Waals surface area contributed by atoms with Crippen molar-refractivity contribution in [1.82, 2.24) is 10.6 Å². The molecule has 0 aliphatic carbocycles. The van der Waals surface area contributed by atoms with E-state index >= 15 is 0 Å². The minimum Gasteiger partial charge on any atom is -0.466 e. The highest BCUT2D eigenvalue weighted by molar-refractivity contribution is 5.89. The normalized spacial score (nSPS) is 12.0. The number of nitrogens with one attached hydrogen (secondary N) is 2. The number of hydrogen-bond donors (Lipinski definition) is 2. The lowest BCUT2D eigenvalue weighted by Gasteiger charge is -2.18. The van der Waals surface area contributed by atoms with Crippen LogP contribution in [0.2, 0.25) is 0 Å². The molecule has 2 atom stereocenters. The topological polar surface area (TPSA) is 163 Å². The summed E-state index contributed by atoms with van der Waals surface area (Å²) >= 11 is 0. The number of hydrogen-bond acceptors (Lipinski definition) is 10. The van der Waals surface area contributed by atoms with Gasteiger partial charge < -0.3 is 29.6 Å². The molecule has 0 fully saturated rings. The molecule has 2 N–H and O–H groups in total. The summed E-state index contributed by atoms with van der Waals surface area (Å²) < 4.78 is 19.5. The fourth-order valence-corrected chi connectivity index (χ4v) is 2.73. The van der Waals surface area contributed by atoms with Crippen LogP contribution in [0.15, 0.2) is 0 Å². The van der Waals surface area contributed by atoms with Crippen LogP contribution in [0.1, 0.15) is 66.2 Å². The summed E-state index contributed by atoms with van der Waals surface area (Å²) in [6, 6.07) is -2.14. The van der Waals surface area contributed by atoms with Gasteiger partial charge in [0.2, 0.25) is 11.8 Å². The van der Waals surface area contributed by atoms with Crippen LogP contribution in [-0.2, 0) is 47.7 Å². The van der Waals surface area contributed by atoms with E-state index in [2.05, 4.69) is 10.6 Å². The molecule has 0 aromatic heterocycles. The Hall–Kier alpha value is -3.18. The molecule has 0 spiro atoms. The molecule has 0 aromatic carbocycles. The lowest BCUT2D eigenvalue weighted by Crippen LogP contribution is -2.44. The Kier molecular flexibility index (Phi) is 16.6. The Balaban J connectivity index is 4.82. The molecule has 0 aromatic rings. The van der Waals surface area contributed by atoms with Crippen molar-refractivity contribution < 1.29 is 47.7 Å². The lowest BCUT2D eigenvalue weighted by atomic mass is 10.1. The third-order valence-corrected chi connectivity index (χ3v) is 4.28. The molecule has 12 nitrogen and oxygen atoms in total. The number of rotatable bonds is 17. The number of esters is 4. The molecular formula is C22H36N2O10. The Morgan fingerprint density at radius 2 is 0.853 bits per heavy atom. The van der Waals surface area contributed by atoms with E-state index in [0.717, 1.165) is 0 Å². The van der Waals surface area contributed by atoms with Gasteiger partial charge >= 0.3 is 23.9 Å². The van der Waals surface area contributed by atoms with Crippen molar-refractivity contribution in [2.75, 3.05) is 26.4 Å². The lowest BCUT2D eigenvalue weighted by molar-refractivity contribution is -0.150. The second-order valence-corrected chi connectivity index (χ2v) is 6.93. The van der Waals surface area contributed by atoms with Crippen LogP contribution in [0, 0.1) is 0 Å². The zero-order chi connectivity index (χ0) is 25.9. The van der Waals surface area contributed by atoms with Gasteiger partial charge in [-0.15, -0.1) is 0 Å². The maximum Gasteiger partial charge on any atom is 0.328 e. The van der Waals surface area contributed by atoms with Gasteiger partial charge in [0.15, 0.2) is 0 Å². The van der Waals surface area contributed by atoms with Crippen LogP contribution in [0.25, 0.3) is 0 Å². The first-order chi connectivity index (χ1) is 16.2. The molecule has 0 heterocycles. The van der Waals surface area contributed by atoms with E-state index in [1.165, 1.54) is 0 Å². The second kappa shape index (κ2) is 18.3. The maximum atomic E-state index is 12.3. The minimum absolute atomic E-state index is 0.0194. The van der Waals surface area contributed by atoms with Gasteiger partial charge in [-0.2, -0.15) is 0 Å². The van der Waals surface area contributed by atoms with E-state index in [9.17, 15) is 28.8 Å². The third-order valence-electron chi connectivity index (χ3n) is 4.28. The molecule has 0 aliphatic heterocycles. The smallest absolute Gasteiger partial charge is 0.328 e. The Labute approximate surface area is 199 Å². The largest absolute Gasteiger partial charge is 0.466 e. The van der Waals surface area contributed by atoms with Gasteiger partial charge in [0.25, 0.3) is 0 Å². The molecule has 194 valence electrons. The zero-order valence-corrected chi connectivity index (χ0v) is 20.3. The first-order valence-electron chi connectivity index (χ1n) is 11.4. The van der Waals surface area contributed by atoms with E-state index < -0.39 is 47.8 Å². The van der Waals surface area contributed by atoms with Gasteiger partial charge in [0.05, 0.1) is 26.4 Å². The Bertz CT molecular complexity index is 637. The fourth-order valence-electron chi connectivity index (χ4n) is 2.73. The minimum atomic E-state index is -1.07. The van der Waals surface area contributed by atoms with Crippen molar-refractivity contribution in [1.29, 1.82) is 0 Å². The standard InChI is InChI=1S/C22H36N2O10/c1-5-31-19(27)13-9-15(21(29)33-7-3)23-17(25)11-12-18(26)24-16(22(30)34-8-4)10-14-20(28)32-6-2/h15-16H,5-14H2,1-4H3,(H,23,25)(H,24,26)/t15-,16-/m1/s1. The zero-order valence-electron chi connectivity index (χ0n) is 20.3. The summed E-state index contributed by atoms with van der Waals surface area (Å²) in [5, 5.41) is 4.90. The number of carbonyl (C=O) groups excluding carboxylic acids is 6. The summed E-state index contributed by atoms with van der Waals surface area (Å²) in [6.07, 6.45) is -0.800. The van der Waals surface area contributed by atoms with Crippen LogP contribution < -0.4 is 10.6 Å². The molecule has 0 rings (SSSR count). The number of amides is 2. The van der Waals surface area contributed by atoms with Crippen molar-refractivity contribution in [2.24, 2.45) is 0 Å². The van der Waals surface area contributed by atoms with Gasteiger partial charge in [-0.1, -0.05) is 0 Å². The van der Waals surface area contributed by atoms with Crippen molar-refractivity contribution in [3.8, 4) is 0 Å². The Morgan fingerprint density at radius 1 is 0.529 bits per heavy atom. The van der Waals surface area contributed by atoms with Crippen molar-refractivity contribution in [3.63, 3.8) is 0 Å². The van der Waals surface area contributed by atoms with Crippen LogP contribution in [0.4, 0.5) is 0 Å². The summed E-state index contributed by atoms with van der Waals surface area (Å²) in [4.78, 5) is 71.8. The van der Waals surface area contributed by atoms with Gasteiger partial charge in [-0.25, -0.2) is 9.59 Å². The SMILES string of the molecule is CCOC(=O)CC[C@@H](NC(=O)CCC(=O)N[C@H](CCC(=O)OCC)C(=O)OCC)C(=O)OCC. The van der Waals surface area contributed by atoms with Gasteiger partial charge in [0, 0.05) is 25.7 Å². The third kappa shape index (κ3) is 14.1. The highest BCUT2D eigenvalue weighted by Gasteiger charge is 2.25. The van der Waals surface area contributed by atoms with E-state index in [1.54, 1.807) is 27.7 Å². The summed E-state index contributed by atoms with van der Waals surface area (Å²) in [7, 11) is 0.